The number of rotatable bonds is 3. The first-order valence-corrected chi connectivity index (χ1v) is 8.65. The largest absolute Gasteiger partial charge is 0.327 e. The van der Waals surface area contributed by atoms with Crippen LogP contribution in [0.4, 0.5) is 10.5 Å². The zero-order valence-corrected chi connectivity index (χ0v) is 15.6. The van der Waals surface area contributed by atoms with Crippen LogP contribution in [0.1, 0.15) is 29.7 Å². The molecule has 1 atom stereocenters. The second-order valence-corrected chi connectivity index (χ2v) is 6.83. The van der Waals surface area contributed by atoms with Crippen molar-refractivity contribution in [2.75, 3.05) is 5.32 Å². The van der Waals surface area contributed by atoms with Crippen molar-refractivity contribution in [2.24, 2.45) is 0 Å². The molecule has 0 radical (unpaired) electrons. The van der Waals surface area contributed by atoms with Crippen LogP contribution in [0.2, 0.25) is 5.02 Å². The van der Waals surface area contributed by atoms with E-state index in [-0.39, 0.29) is 11.9 Å². The Kier molecular flexibility index (Phi) is 5.00. The Labute approximate surface area is 157 Å². The van der Waals surface area contributed by atoms with E-state index in [1.807, 2.05) is 32.0 Å². The lowest BCUT2D eigenvalue weighted by atomic mass is 9.94. The summed E-state index contributed by atoms with van der Waals surface area (Å²) in [5, 5.41) is 9.05. The first-order chi connectivity index (χ1) is 12.3. The van der Waals surface area contributed by atoms with E-state index in [2.05, 4.69) is 16.0 Å². The van der Waals surface area contributed by atoms with Gasteiger partial charge in [-0.1, -0.05) is 35.9 Å². The maximum Gasteiger partial charge on any atom is 0.319 e. The number of allylic oxidation sites excluding steroid dienone is 1. The smallest absolute Gasteiger partial charge is 0.319 e. The van der Waals surface area contributed by atoms with Gasteiger partial charge in [-0.05, 0) is 55.7 Å². The van der Waals surface area contributed by atoms with Gasteiger partial charge in [-0.15, -0.1) is 0 Å². The third-order valence-electron chi connectivity index (χ3n) is 4.36. The standard InChI is InChI=1S/C20H20ClN3O2/c1-11-4-5-12(2)16(10-11)23-19(25)17-13(3)22-20(26)24-18(17)14-6-8-15(21)9-7-14/h4-10,18H,1-3H3,(H,23,25)(H2,22,24,26)/t18-/m1/s1. The van der Waals surface area contributed by atoms with Gasteiger partial charge >= 0.3 is 6.03 Å². The van der Waals surface area contributed by atoms with Gasteiger partial charge in [0.05, 0.1) is 11.6 Å². The lowest BCUT2D eigenvalue weighted by molar-refractivity contribution is -0.113. The highest BCUT2D eigenvalue weighted by atomic mass is 35.5. The quantitative estimate of drug-likeness (QED) is 0.757. The monoisotopic (exact) mass is 369 g/mol. The van der Waals surface area contributed by atoms with Gasteiger partial charge < -0.3 is 16.0 Å². The van der Waals surface area contributed by atoms with Gasteiger partial charge in [-0.2, -0.15) is 0 Å². The lowest BCUT2D eigenvalue weighted by Gasteiger charge is -2.29. The summed E-state index contributed by atoms with van der Waals surface area (Å²) in [7, 11) is 0. The summed E-state index contributed by atoms with van der Waals surface area (Å²) in [5.41, 5.74) is 4.56. The number of nitrogens with one attached hydrogen (secondary N) is 3. The second kappa shape index (κ2) is 7.22. The number of carbonyl (C=O) groups is 2. The number of urea groups is 1. The highest BCUT2D eigenvalue weighted by Crippen LogP contribution is 2.29. The van der Waals surface area contributed by atoms with Crippen LogP contribution in [-0.4, -0.2) is 11.9 Å². The van der Waals surface area contributed by atoms with Crippen LogP contribution in [0.5, 0.6) is 0 Å². The van der Waals surface area contributed by atoms with Crippen LogP contribution < -0.4 is 16.0 Å². The fraction of sp³-hybridized carbons (Fsp3) is 0.200. The third-order valence-corrected chi connectivity index (χ3v) is 4.61. The van der Waals surface area contributed by atoms with E-state index in [0.29, 0.717) is 16.3 Å². The topological polar surface area (TPSA) is 70.2 Å². The number of benzene rings is 2. The van der Waals surface area contributed by atoms with Crippen molar-refractivity contribution in [1.29, 1.82) is 0 Å². The van der Waals surface area contributed by atoms with Crippen molar-refractivity contribution in [2.45, 2.75) is 26.8 Å². The molecular formula is C20H20ClN3O2. The fourth-order valence-electron chi connectivity index (χ4n) is 2.96. The van der Waals surface area contributed by atoms with Crippen LogP contribution >= 0.6 is 11.6 Å². The van der Waals surface area contributed by atoms with Crippen LogP contribution in [0.3, 0.4) is 0 Å². The van der Waals surface area contributed by atoms with Crippen molar-refractivity contribution in [3.05, 3.63) is 75.4 Å². The minimum absolute atomic E-state index is 0.261. The molecular weight excluding hydrogens is 350 g/mol. The maximum atomic E-state index is 13.0. The summed E-state index contributed by atoms with van der Waals surface area (Å²) >= 11 is 5.96. The molecule has 0 spiro atoms. The van der Waals surface area contributed by atoms with E-state index >= 15 is 0 Å². The SMILES string of the molecule is CC1=C(C(=O)Nc2cc(C)ccc2C)[C@@H](c2ccc(Cl)cc2)NC(=O)N1. The summed E-state index contributed by atoms with van der Waals surface area (Å²) in [4.78, 5) is 24.9. The zero-order chi connectivity index (χ0) is 18.8. The second-order valence-electron chi connectivity index (χ2n) is 6.39. The van der Waals surface area contributed by atoms with Crippen LogP contribution in [0.15, 0.2) is 53.7 Å². The molecule has 134 valence electrons. The van der Waals surface area contributed by atoms with Gasteiger partial charge in [0.2, 0.25) is 0 Å². The van der Waals surface area contributed by atoms with Crippen molar-refractivity contribution < 1.29 is 9.59 Å². The van der Waals surface area contributed by atoms with Crippen LogP contribution in [0, 0.1) is 13.8 Å². The average molecular weight is 370 g/mol. The number of hydrogen-bond acceptors (Lipinski definition) is 2. The number of anilines is 1. The molecule has 1 aliphatic rings. The van der Waals surface area contributed by atoms with E-state index in [0.717, 1.165) is 22.4 Å². The first-order valence-electron chi connectivity index (χ1n) is 8.27. The zero-order valence-electron chi connectivity index (χ0n) is 14.8. The molecule has 2 aromatic rings. The van der Waals surface area contributed by atoms with Crippen LogP contribution in [-0.2, 0) is 4.79 Å². The Hall–Kier alpha value is -2.79. The number of carbonyl (C=O) groups excluding carboxylic acids is 2. The van der Waals surface area contributed by atoms with Gasteiger partial charge in [0.25, 0.3) is 5.91 Å². The van der Waals surface area contributed by atoms with Gasteiger partial charge in [0.1, 0.15) is 0 Å². The fourth-order valence-corrected chi connectivity index (χ4v) is 3.09. The normalized spacial score (nSPS) is 16.8. The summed E-state index contributed by atoms with van der Waals surface area (Å²) in [5.74, 6) is -0.261. The van der Waals surface area contributed by atoms with E-state index in [1.165, 1.54) is 0 Å². The summed E-state index contributed by atoms with van der Waals surface area (Å²) < 4.78 is 0. The minimum Gasteiger partial charge on any atom is -0.327 e. The molecule has 3 rings (SSSR count). The Morgan fingerprint density at radius 1 is 1.08 bits per heavy atom. The predicted molar refractivity (Wildman–Crippen MR) is 103 cm³/mol. The van der Waals surface area contributed by atoms with Crippen molar-refractivity contribution >= 4 is 29.2 Å². The van der Waals surface area contributed by atoms with Gasteiger partial charge in [0.15, 0.2) is 0 Å². The Bertz CT molecular complexity index is 904. The molecule has 0 aliphatic carbocycles. The number of hydrogen-bond donors (Lipinski definition) is 3. The average Bonchev–Trinajstić information content (AvgIpc) is 2.58. The van der Waals surface area contributed by atoms with Crippen molar-refractivity contribution in [1.82, 2.24) is 10.6 Å². The maximum absolute atomic E-state index is 13.0. The van der Waals surface area contributed by atoms with E-state index in [4.69, 9.17) is 11.6 Å². The Balaban J connectivity index is 1.96. The van der Waals surface area contributed by atoms with Gasteiger partial charge in [-0.25, -0.2) is 4.79 Å². The summed E-state index contributed by atoms with van der Waals surface area (Å²) in [6.45, 7) is 5.63. The molecule has 0 saturated heterocycles. The van der Waals surface area contributed by atoms with E-state index < -0.39 is 6.04 Å². The van der Waals surface area contributed by atoms with Gasteiger partial charge in [-0.3, -0.25) is 4.79 Å². The molecule has 0 fully saturated rings. The first kappa shape index (κ1) is 18.0. The minimum atomic E-state index is -0.550. The number of amides is 3. The molecule has 5 nitrogen and oxygen atoms in total. The molecule has 1 aliphatic heterocycles. The lowest BCUT2D eigenvalue weighted by Crippen LogP contribution is -2.46. The summed E-state index contributed by atoms with van der Waals surface area (Å²) in [6.07, 6.45) is 0. The van der Waals surface area contributed by atoms with E-state index in [1.54, 1.807) is 31.2 Å². The predicted octanol–water partition coefficient (Wildman–Crippen LogP) is 4.22. The molecule has 2 aromatic carbocycles. The van der Waals surface area contributed by atoms with E-state index in [9.17, 15) is 9.59 Å². The molecule has 26 heavy (non-hydrogen) atoms. The Morgan fingerprint density at radius 2 is 1.77 bits per heavy atom. The molecule has 3 amide bonds. The molecule has 0 saturated carbocycles. The van der Waals surface area contributed by atoms with Crippen molar-refractivity contribution in [3.63, 3.8) is 0 Å². The van der Waals surface area contributed by atoms with Gasteiger partial charge in [0, 0.05) is 16.4 Å². The molecule has 3 N–H and O–H groups in total. The molecule has 0 bridgehead atoms. The molecule has 1 heterocycles. The molecule has 0 unspecified atom stereocenters. The molecule has 6 heteroatoms. The number of aryl methyl sites for hydroxylation is 2. The molecule has 0 aromatic heterocycles. The highest BCUT2D eigenvalue weighted by Gasteiger charge is 2.31. The Morgan fingerprint density at radius 3 is 2.46 bits per heavy atom. The number of halogens is 1. The van der Waals surface area contributed by atoms with Crippen molar-refractivity contribution in [3.8, 4) is 0 Å². The summed E-state index contributed by atoms with van der Waals surface area (Å²) in [6, 6.07) is 12.1. The van der Waals surface area contributed by atoms with Crippen LogP contribution in [0.25, 0.3) is 0 Å². The highest BCUT2D eigenvalue weighted by molar-refractivity contribution is 6.30. The third kappa shape index (κ3) is 3.73.